The van der Waals surface area contributed by atoms with Crippen LogP contribution in [0.25, 0.3) is 0 Å². The van der Waals surface area contributed by atoms with Crippen LogP contribution in [0.15, 0.2) is 42.5 Å². The number of rotatable bonds is 8. The molecule has 0 unspecified atom stereocenters. The third-order valence-electron chi connectivity index (χ3n) is 5.10. The van der Waals surface area contributed by atoms with E-state index in [0.717, 1.165) is 31.5 Å². The molecule has 0 atom stereocenters. The molecule has 1 aliphatic heterocycles. The van der Waals surface area contributed by atoms with Crippen molar-refractivity contribution in [2.24, 2.45) is 0 Å². The molecule has 2 aromatic carbocycles. The average molecular weight is 416 g/mol. The van der Waals surface area contributed by atoms with Crippen LogP contribution in [0.2, 0.25) is 5.02 Å². The van der Waals surface area contributed by atoms with Crippen molar-refractivity contribution < 1.29 is 14.8 Å². The van der Waals surface area contributed by atoms with E-state index in [0.29, 0.717) is 18.0 Å². The van der Waals surface area contributed by atoms with Gasteiger partial charge >= 0.3 is 0 Å². The maximum Gasteiger partial charge on any atom is 0.243 e. The Hall–Kier alpha value is -2.57. The van der Waals surface area contributed by atoms with Crippen molar-refractivity contribution >= 4 is 34.8 Å². The van der Waals surface area contributed by atoms with E-state index in [2.05, 4.69) is 34.5 Å². The molecule has 0 saturated heterocycles. The third kappa shape index (κ3) is 5.71. The van der Waals surface area contributed by atoms with E-state index in [1.165, 1.54) is 16.8 Å². The summed E-state index contributed by atoms with van der Waals surface area (Å²) in [7, 11) is 0. The summed E-state index contributed by atoms with van der Waals surface area (Å²) in [5.74, 6) is -0.564. The SMILES string of the molecule is O=C(CCCC(=O)NCCCN1c2ccccc2CCc2ccc(Cl)cc21)NO. The fourth-order valence-corrected chi connectivity index (χ4v) is 3.81. The number of benzene rings is 2. The van der Waals surface area contributed by atoms with Gasteiger partial charge in [0.25, 0.3) is 0 Å². The Kier molecular flexibility index (Phi) is 7.49. The van der Waals surface area contributed by atoms with Crippen LogP contribution < -0.4 is 15.7 Å². The molecule has 1 heterocycles. The van der Waals surface area contributed by atoms with E-state index in [-0.39, 0.29) is 18.7 Å². The number of halogens is 1. The minimum Gasteiger partial charge on any atom is -0.356 e. The van der Waals surface area contributed by atoms with E-state index < -0.39 is 5.91 Å². The fraction of sp³-hybridized carbons (Fsp3) is 0.364. The van der Waals surface area contributed by atoms with E-state index in [9.17, 15) is 9.59 Å². The number of nitrogens with one attached hydrogen (secondary N) is 2. The lowest BCUT2D eigenvalue weighted by molar-refractivity contribution is -0.129. The normalized spacial score (nSPS) is 12.6. The van der Waals surface area contributed by atoms with Crippen LogP contribution in [0, 0.1) is 0 Å². The van der Waals surface area contributed by atoms with Gasteiger partial charge in [-0.05, 0) is 55.0 Å². The molecule has 154 valence electrons. The molecule has 2 aromatic rings. The topological polar surface area (TPSA) is 81.7 Å². The van der Waals surface area contributed by atoms with Crippen molar-refractivity contribution in [1.29, 1.82) is 0 Å². The number of nitrogens with zero attached hydrogens (tertiary/aromatic N) is 1. The molecule has 3 rings (SSSR count). The van der Waals surface area contributed by atoms with E-state index in [1.54, 1.807) is 5.48 Å². The van der Waals surface area contributed by atoms with Crippen LogP contribution >= 0.6 is 11.6 Å². The van der Waals surface area contributed by atoms with Gasteiger partial charge in [0.1, 0.15) is 0 Å². The highest BCUT2D eigenvalue weighted by Crippen LogP contribution is 2.37. The first-order chi connectivity index (χ1) is 14.1. The molecule has 0 aliphatic carbocycles. The lowest BCUT2D eigenvalue weighted by Gasteiger charge is -2.27. The molecular weight excluding hydrogens is 390 g/mol. The predicted octanol–water partition coefficient (Wildman–Crippen LogP) is 3.76. The lowest BCUT2D eigenvalue weighted by atomic mass is 10.0. The summed E-state index contributed by atoms with van der Waals surface area (Å²) in [6.07, 6.45) is 3.54. The second-order valence-corrected chi connectivity index (χ2v) is 7.58. The molecule has 0 aromatic heterocycles. The monoisotopic (exact) mass is 415 g/mol. The van der Waals surface area contributed by atoms with E-state index in [1.807, 2.05) is 18.2 Å². The molecular formula is C22H26ClN3O3. The zero-order valence-corrected chi connectivity index (χ0v) is 17.0. The molecule has 7 heteroatoms. The first kappa shape index (κ1) is 21.1. The summed E-state index contributed by atoms with van der Waals surface area (Å²) in [5, 5.41) is 12.1. The Morgan fingerprint density at radius 2 is 1.69 bits per heavy atom. The van der Waals surface area contributed by atoms with Gasteiger partial charge in [0, 0.05) is 42.3 Å². The van der Waals surface area contributed by atoms with Crippen molar-refractivity contribution in [3.05, 3.63) is 58.6 Å². The van der Waals surface area contributed by atoms with Crippen molar-refractivity contribution in [2.45, 2.75) is 38.5 Å². The van der Waals surface area contributed by atoms with Gasteiger partial charge in [-0.2, -0.15) is 0 Å². The Morgan fingerprint density at radius 1 is 0.966 bits per heavy atom. The largest absolute Gasteiger partial charge is 0.356 e. The molecule has 2 amide bonds. The van der Waals surface area contributed by atoms with Crippen LogP contribution in [-0.4, -0.2) is 30.1 Å². The van der Waals surface area contributed by atoms with Crippen molar-refractivity contribution in [2.75, 3.05) is 18.0 Å². The number of aryl methyl sites for hydroxylation is 2. The summed E-state index contributed by atoms with van der Waals surface area (Å²) in [5.41, 5.74) is 6.47. The number of anilines is 2. The predicted molar refractivity (Wildman–Crippen MR) is 114 cm³/mol. The molecule has 6 nitrogen and oxygen atoms in total. The summed E-state index contributed by atoms with van der Waals surface area (Å²) < 4.78 is 0. The summed E-state index contributed by atoms with van der Waals surface area (Å²) in [6, 6.07) is 14.5. The molecule has 0 fully saturated rings. The zero-order valence-electron chi connectivity index (χ0n) is 16.3. The second kappa shape index (κ2) is 10.3. The maximum absolute atomic E-state index is 11.9. The van der Waals surface area contributed by atoms with Crippen LogP contribution in [0.1, 0.15) is 36.8 Å². The maximum atomic E-state index is 11.9. The number of hydrogen-bond acceptors (Lipinski definition) is 4. The van der Waals surface area contributed by atoms with Crippen molar-refractivity contribution in [3.63, 3.8) is 0 Å². The van der Waals surface area contributed by atoms with Crippen molar-refractivity contribution in [3.8, 4) is 0 Å². The minimum absolute atomic E-state index is 0.0875. The zero-order chi connectivity index (χ0) is 20.6. The van der Waals surface area contributed by atoms with Gasteiger partial charge in [0.2, 0.25) is 11.8 Å². The fourth-order valence-electron chi connectivity index (χ4n) is 3.64. The number of hydrogen-bond donors (Lipinski definition) is 3. The number of carbonyl (C=O) groups is 2. The Labute approximate surface area is 175 Å². The molecule has 1 aliphatic rings. The molecule has 0 saturated carbocycles. The summed E-state index contributed by atoms with van der Waals surface area (Å²) in [4.78, 5) is 25.2. The third-order valence-corrected chi connectivity index (χ3v) is 5.33. The van der Waals surface area contributed by atoms with Crippen LogP contribution in [0.3, 0.4) is 0 Å². The molecule has 0 bridgehead atoms. The minimum atomic E-state index is -0.477. The van der Waals surface area contributed by atoms with Gasteiger partial charge in [-0.3, -0.25) is 14.8 Å². The molecule has 0 radical (unpaired) electrons. The Morgan fingerprint density at radius 3 is 2.48 bits per heavy atom. The van der Waals surface area contributed by atoms with Gasteiger partial charge in [0.15, 0.2) is 0 Å². The average Bonchev–Trinajstić information content (AvgIpc) is 2.88. The van der Waals surface area contributed by atoms with Gasteiger partial charge in [-0.15, -0.1) is 0 Å². The van der Waals surface area contributed by atoms with Crippen LogP contribution in [0.5, 0.6) is 0 Å². The van der Waals surface area contributed by atoms with Crippen LogP contribution in [0.4, 0.5) is 11.4 Å². The number of para-hydroxylation sites is 1. The highest BCUT2D eigenvalue weighted by molar-refractivity contribution is 6.30. The standard InChI is InChI=1S/C22H26ClN3O3/c23-18-12-11-17-10-9-16-5-1-2-6-19(16)26(20(17)15-18)14-4-13-24-21(27)7-3-8-22(28)25-29/h1-2,5-6,11-12,15,29H,3-4,7-10,13-14H2,(H,24,27)(H,25,28). The van der Waals surface area contributed by atoms with E-state index >= 15 is 0 Å². The van der Waals surface area contributed by atoms with Crippen molar-refractivity contribution in [1.82, 2.24) is 10.8 Å². The first-order valence-electron chi connectivity index (χ1n) is 9.92. The Balaban J connectivity index is 1.60. The summed E-state index contributed by atoms with van der Waals surface area (Å²) in [6.45, 7) is 1.32. The first-order valence-corrected chi connectivity index (χ1v) is 10.3. The second-order valence-electron chi connectivity index (χ2n) is 7.15. The van der Waals surface area contributed by atoms with Gasteiger partial charge < -0.3 is 10.2 Å². The Bertz CT molecular complexity index is 872. The van der Waals surface area contributed by atoms with Gasteiger partial charge in [-0.25, -0.2) is 5.48 Å². The molecule has 3 N–H and O–H groups in total. The van der Waals surface area contributed by atoms with Gasteiger partial charge in [-0.1, -0.05) is 35.9 Å². The number of hydroxylamine groups is 1. The quantitative estimate of drug-likeness (QED) is 0.348. The number of carbonyl (C=O) groups excluding carboxylic acids is 2. The van der Waals surface area contributed by atoms with Gasteiger partial charge in [0.05, 0.1) is 0 Å². The van der Waals surface area contributed by atoms with Crippen LogP contribution in [-0.2, 0) is 22.4 Å². The highest BCUT2D eigenvalue weighted by atomic mass is 35.5. The summed E-state index contributed by atoms with van der Waals surface area (Å²) >= 11 is 6.28. The molecule has 0 spiro atoms. The molecule has 29 heavy (non-hydrogen) atoms. The van der Waals surface area contributed by atoms with E-state index in [4.69, 9.17) is 16.8 Å². The highest BCUT2D eigenvalue weighted by Gasteiger charge is 2.20. The lowest BCUT2D eigenvalue weighted by Crippen LogP contribution is -2.28. The number of amides is 2. The smallest absolute Gasteiger partial charge is 0.243 e. The number of fused-ring (bicyclic) bond motifs is 2.